The van der Waals surface area contributed by atoms with Crippen LogP contribution in [-0.2, 0) is 4.79 Å². The Kier molecular flexibility index (Phi) is 6.32. The molecule has 1 aliphatic rings. The van der Waals surface area contributed by atoms with Crippen LogP contribution in [0.3, 0.4) is 0 Å². The number of nitro groups is 1. The van der Waals surface area contributed by atoms with Gasteiger partial charge >= 0.3 is 5.69 Å². The summed E-state index contributed by atoms with van der Waals surface area (Å²) < 4.78 is 18.4. The topological polar surface area (TPSA) is 93.5 Å². The van der Waals surface area contributed by atoms with Crippen LogP contribution in [0.1, 0.15) is 6.42 Å². The number of carbonyl (C=O) groups is 1. The third kappa shape index (κ3) is 4.83. The third-order valence-electron chi connectivity index (χ3n) is 2.91. The molecule has 2 N–H and O–H groups in total. The van der Waals surface area contributed by atoms with E-state index in [-0.39, 0.29) is 36.7 Å². The molecule has 2 rings (SSSR count). The van der Waals surface area contributed by atoms with Crippen molar-refractivity contribution < 1.29 is 18.8 Å². The largest absolute Gasteiger partial charge is 0.484 e. The molecule has 1 unspecified atom stereocenters. The van der Waals surface area contributed by atoms with Crippen molar-refractivity contribution in [2.24, 2.45) is 0 Å². The van der Waals surface area contributed by atoms with Gasteiger partial charge in [0, 0.05) is 24.7 Å². The monoisotopic (exact) mass is 319 g/mol. The first-order valence-electron chi connectivity index (χ1n) is 6.13. The van der Waals surface area contributed by atoms with Crippen molar-refractivity contribution in [3.05, 3.63) is 34.1 Å². The number of rotatable bonds is 5. The van der Waals surface area contributed by atoms with Crippen LogP contribution < -0.4 is 15.4 Å². The number of amides is 1. The average molecular weight is 320 g/mol. The molecular formula is C12H15ClFN3O4. The van der Waals surface area contributed by atoms with Gasteiger partial charge in [0.1, 0.15) is 5.75 Å². The number of halogens is 2. The first-order valence-corrected chi connectivity index (χ1v) is 6.13. The molecule has 1 fully saturated rings. The Balaban J connectivity index is 0.00000220. The standard InChI is InChI=1S/C12H14FN3O4.ClH/c13-10-5-9(1-2-11(10)16(18)19)20-7-12(17)15-8-3-4-14-6-8;/h1-2,5,8,14H,3-4,6-7H2,(H,15,17);1H. The van der Waals surface area contributed by atoms with Gasteiger partial charge in [-0.3, -0.25) is 14.9 Å². The molecule has 0 saturated carbocycles. The highest BCUT2D eigenvalue weighted by molar-refractivity contribution is 5.85. The molecular weight excluding hydrogens is 305 g/mol. The minimum absolute atomic E-state index is 0. The van der Waals surface area contributed by atoms with E-state index in [9.17, 15) is 19.3 Å². The number of hydrogen-bond donors (Lipinski definition) is 2. The van der Waals surface area contributed by atoms with E-state index in [1.54, 1.807) is 0 Å². The SMILES string of the molecule is Cl.O=C(COc1ccc([N+](=O)[O-])c(F)c1)NC1CCNC1. The summed E-state index contributed by atoms with van der Waals surface area (Å²) in [6, 6.07) is 3.23. The number of carbonyl (C=O) groups excluding carboxylic acids is 1. The molecule has 1 aromatic rings. The van der Waals surface area contributed by atoms with Crippen molar-refractivity contribution >= 4 is 24.0 Å². The Bertz CT molecular complexity index is 523. The Labute approximate surface area is 126 Å². The van der Waals surface area contributed by atoms with E-state index in [0.29, 0.717) is 0 Å². The Morgan fingerprint density at radius 1 is 1.57 bits per heavy atom. The van der Waals surface area contributed by atoms with Crippen LogP contribution in [0.2, 0.25) is 0 Å². The average Bonchev–Trinajstić information content (AvgIpc) is 2.89. The zero-order valence-electron chi connectivity index (χ0n) is 11.0. The van der Waals surface area contributed by atoms with Gasteiger partial charge < -0.3 is 15.4 Å². The van der Waals surface area contributed by atoms with Crippen LogP contribution in [0.4, 0.5) is 10.1 Å². The number of nitrogens with zero attached hydrogens (tertiary/aromatic N) is 1. The summed E-state index contributed by atoms with van der Waals surface area (Å²) in [6.07, 6.45) is 0.859. The minimum Gasteiger partial charge on any atom is -0.484 e. The maximum Gasteiger partial charge on any atom is 0.305 e. The van der Waals surface area contributed by atoms with E-state index in [0.717, 1.165) is 31.6 Å². The van der Waals surface area contributed by atoms with Gasteiger partial charge in [-0.1, -0.05) is 0 Å². The van der Waals surface area contributed by atoms with Crippen molar-refractivity contribution in [2.75, 3.05) is 19.7 Å². The first kappa shape index (κ1) is 17.1. The molecule has 1 atom stereocenters. The molecule has 0 aromatic heterocycles. The van der Waals surface area contributed by atoms with Crippen LogP contribution in [0.5, 0.6) is 5.75 Å². The molecule has 9 heteroatoms. The molecule has 116 valence electrons. The molecule has 21 heavy (non-hydrogen) atoms. The van der Waals surface area contributed by atoms with Crippen LogP contribution in [0, 0.1) is 15.9 Å². The zero-order valence-corrected chi connectivity index (χ0v) is 11.8. The molecule has 0 aliphatic carbocycles. The van der Waals surface area contributed by atoms with E-state index in [1.807, 2.05) is 0 Å². The summed E-state index contributed by atoms with van der Waals surface area (Å²) in [6.45, 7) is 1.32. The van der Waals surface area contributed by atoms with Crippen molar-refractivity contribution in [1.82, 2.24) is 10.6 Å². The highest BCUT2D eigenvalue weighted by atomic mass is 35.5. The molecule has 1 saturated heterocycles. The van der Waals surface area contributed by atoms with Gasteiger partial charge in [-0.05, 0) is 19.0 Å². The van der Waals surface area contributed by atoms with Gasteiger partial charge in [0.05, 0.1) is 4.92 Å². The van der Waals surface area contributed by atoms with Gasteiger partial charge in [-0.15, -0.1) is 12.4 Å². The molecule has 1 amide bonds. The molecule has 1 aromatic carbocycles. The number of nitro benzene ring substituents is 1. The van der Waals surface area contributed by atoms with E-state index in [1.165, 1.54) is 6.07 Å². The number of benzene rings is 1. The highest BCUT2D eigenvalue weighted by Gasteiger charge is 2.18. The van der Waals surface area contributed by atoms with Crippen molar-refractivity contribution in [1.29, 1.82) is 0 Å². The summed E-state index contributed by atoms with van der Waals surface area (Å²) in [5.74, 6) is -1.22. The zero-order chi connectivity index (χ0) is 14.5. The Morgan fingerprint density at radius 3 is 2.90 bits per heavy atom. The normalized spacial score (nSPS) is 16.9. The molecule has 0 bridgehead atoms. The summed E-state index contributed by atoms with van der Waals surface area (Å²) in [4.78, 5) is 21.2. The quantitative estimate of drug-likeness (QED) is 0.624. The predicted molar refractivity (Wildman–Crippen MR) is 75.2 cm³/mol. The maximum absolute atomic E-state index is 13.3. The smallest absolute Gasteiger partial charge is 0.305 e. The number of nitrogens with one attached hydrogen (secondary N) is 2. The number of ether oxygens (including phenoxy) is 1. The van der Waals surface area contributed by atoms with Gasteiger partial charge in [0.25, 0.3) is 5.91 Å². The lowest BCUT2D eigenvalue weighted by molar-refractivity contribution is -0.387. The Morgan fingerprint density at radius 2 is 2.33 bits per heavy atom. The Hall–Kier alpha value is -1.93. The van der Waals surface area contributed by atoms with Crippen molar-refractivity contribution in [2.45, 2.75) is 12.5 Å². The third-order valence-corrected chi connectivity index (χ3v) is 2.91. The van der Waals surface area contributed by atoms with Gasteiger partial charge in [0.15, 0.2) is 6.61 Å². The van der Waals surface area contributed by atoms with Crippen LogP contribution >= 0.6 is 12.4 Å². The summed E-state index contributed by atoms with van der Waals surface area (Å²) in [5, 5.41) is 16.3. The first-order chi connectivity index (χ1) is 9.56. The van der Waals surface area contributed by atoms with E-state index in [4.69, 9.17) is 4.74 Å². The second kappa shape index (κ2) is 7.75. The lowest BCUT2D eigenvalue weighted by Crippen LogP contribution is -2.39. The van der Waals surface area contributed by atoms with Gasteiger partial charge in [0.2, 0.25) is 5.82 Å². The predicted octanol–water partition coefficient (Wildman–Crippen LogP) is 1.01. The van der Waals surface area contributed by atoms with E-state index in [2.05, 4.69) is 10.6 Å². The molecule has 1 heterocycles. The number of hydrogen-bond acceptors (Lipinski definition) is 5. The minimum atomic E-state index is -0.993. The summed E-state index contributed by atoms with van der Waals surface area (Å²) in [5.41, 5.74) is -0.626. The molecule has 0 spiro atoms. The van der Waals surface area contributed by atoms with Crippen LogP contribution in [0.25, 0.3) is 0 Å². The molecule has 1 aliphatic heterocycles. The molecule has 0 radical (unpaired) electrons. The lowest BCUT2D eigenvalue weighted by Gasteiger charge is -2.12. The fraction of sp³-hybridized carbons (Fsp3) is 0.417. The second-order valence-corrected chi connectivity index (χ2v) is 4.42. The fourth-order valence-corrected chi connectivity index (χ4v) is 1.92. The van der Waals surface area contributed by atoms with E-state index < -0.39 is 16.4 Å². The van der Waals surface area contributed by atoms with Gasteiger partial charge in [-0.2, -0.15) is 4.39 Å². The summed E-state index contributed by atoms with van der Waals surface area (Å²) in [7, 11) is 0. The molecule has 7 nitrogen and oxygen atoms in total. The van der Waals surface area contributed by atoms with Gasteiger partial charge in [-0.25, -0.2) is 0 Å². The second-order valence-electron chi connectivity index (χ2n) is 4.42. The summed E-state index contributed by atoms with van der Waals surface area (Å²) >= 11 is 0. The van der Waals surface area contributed by atoms with E-state index >= 15 is 0 Å². The fourth-order valence-electron chi connectivity index (χ4n) is 1.92. The van der Waals surface area contributed by atoms with Crippen molar-refractivity contribution in [3.63, 3.8) is 0 Å². The maximum atomic E-state index is 13.3. The van der Waals surface area contributed by atoms with Crippen LogP contribution in [-0.4, -0.2) is 36.6 Å². The van der Waals surface area contributed by atoms with Crippen molar-refractivity contribution in [3.8, 4) is 5.75 Å². The lowest BCUT2D eigenvalue weighted by atomic mass is 10.2. The highest BCUT2D eigenvalue weighted by Crippen LogP contribution is 2.22. The van der Waals surface area contributed by atoms with Crippen LogP contribution in [0.15, 0.2) is 18.2 Å².